The fourth-order valence-electron chi connectivity index (χ4n) is 3.82. The Bertz CT molecular complexity index is 790. The summed E-state index contributed by atoms with van der Waals surface area (Å²) in [5.41, 5.74) is 0.633. The van der Waals surface area contributed by atoms with Gasteiger partial charge >= 0.3 is 0 Å². The number of hydrogen-bond donors (Lipinski definition) is 1. The van der Waals surface area contributed by atoms with Gasteiger partial charge in [-0.3, -0.25) is 9.69 Å². The smallest absolute Gasteiger partial charge is 0.234 e. The van der Waals surface area contributed by atoms with Gasteiger partial charge in [0.05, 0.1) is 12.1 Å². The number of anilines is 1. The fourth-order valence-corrected chi connectivity index (χ4v) is 3.82. The molecule has 0 radical (unpaired) electrons. The average Bonchev–Trinajstić information content (AvgIpc) is 2.60. The molecular formula is C18H22FN5O. The van der Waals surface area contributed by atoms with Gasteiger partial charge in [0.15, 0.2) is 0 Å². The van der Waals surface area contributed by atoms with Crippen molar-refractivity contribution in [2.45, 2.75) is 31.8 Å². The van der Waals surface area contributed by atoms with Gasteiger partial charge in [0.2, 0.25) is 11.9 Å². The number of halogens is 1. The van der Waals surface area contributed by atoms with Crippen molar-refractivity contribution in [1.82, 2.24) is 20.2 Å². The number of piperidine rings is 1. The predicted molar refractivity (Wildman–Crippen MR) is 93.9 cm³/mol. The predicted octanol–water partition coefficient (Wildman–Crippen LogP) is 1.56. The zero-order valence-corrected chi connectivity index (χ0v) is 14.3. The normalized spacial score (nSPS) is 23.0. The highest BCUT2D eigenvalue weighted by molar-refractivity contribution is 5.79. The maximum atomic E-state index is 13.4. The molecule has 4 rings (SSSR count). The number of nitrogens with zero attached hydrogens (tertiary/aromatic N) is 4. The van der Waals surface area contributed by atoms with E-state index in [9.17, 15) is 9.18 Å². The van der Waals surface area contributed by atoms with E-state index in [1.54, 1.807) is 12.3 Å². The first-order chi connectivity index (χ1) is 12.1. The topological polar surface area (TPSA) is 61.4 Å². The van der Waals surface area contributed by atoms with Gasteiger partial charge in [-0.2, -0.15) is 0 Å². The number of amides is 1. The molecule has 2 fully saturated rings. The molecule has 25 heavy (non-hydrogen) atoms. The minimum atomic E-state index is -0.284. The van der Waals surface area contributed by atoms with Crippen molar-refractivity contribution < 1.29 is 9.18 Å². The summed E-state index contributed by atoms with van der Waals surface area (Å²) in [6, 6.07) is 5.19. The molecule has 2 aromatic rings. The van der Waals surface area contributed by atoms with Crippen LogP contribution < -0.4 is 10.2 Å². The Hall–Kier alpha value is -2.28. The van der Waals surface area contributed by atoms with E-state index in [0.29, 0.717) is 24.1 Å². The summed E-state index contributed by atoms with van der Waals surface area (Å²) in [6.07, 6.45) is 3.70. The van der Waals surface area contributed by atoms with E-state index in [0.717, 1.165) is 37.9 Å². The van der Waals surface area contributed by atoms with Crippen LogP contribution in [0.3, 0.4) is 0 Å². The Morgan fingerprint density at radius 3 is 2.84 bits per heavy atom. The first-order valence-corrected chi connectivity index (χ1v) is 8.79. The van der Waals surface area contributed by atoms with Crippen LogP contribution in [0.25, 0.3) is 10.9 Å². The third-order valence-electron chi connectivity index (χ3n) is 5.06. The summed E-state index contributed by atoms with van der Waals surface area (Å²) >= 11 is 0. The molecule has 0 saturated carbocycles. The minimum Gasteiger partial charge on any atom is -0.351 e. The zero-order chi connectivity index (χ0) is 17.4. The largest absolute Gasteiger partial charge is 0.351 e. The lowest BCUT2D eigenvalue weighted by Crippen LogP contribution is -2.57. The van der Waals surface area contributed by atoms with Crippen LogP contribution in [0.2, 0.25) is 0 Å². The number of piperazine rings is 1. The van der Waals surface area contributed by atoms with E-state index in [1.807, 2.05) is 6.92 Å². The molecule has 1 aromatic carbocycles. The molecule has 1 aromatic heterocycles. The molecule has 0 spiro atoms. The summed E-state index contributed by atoms with van der Waals surface area (Å²) in [4.78, 5) is 25.1. The van der Waals surface area contributed by atoms with Crippen LogP contribution in [-0.4, -0.2) is 59.0 Å². The van der Waals surface area contributed by atoms with Crippen molar-refractivity contribution in [3.8, 4) is 0 Å². The second-order valence-corrected chi connectivity index (χ2v) is 6.99. The number of carbonyl (C=O) groups excluding carboxylic acids is 1. The van der Waals surface area contributed by atoms with Crippen LogP contribution in [0.1, 0.15) is 19.8 Å². The number of nitrogens with one attached hydrogen (secondary N) is 1. The lowest BCUT2D eigenvalue weighted by molar-refractivity contribution is -0.126. The Labute approximate surface area is 146 Å². The van der Waals surface area contributed by atoms with Crippen LogP contribution in [0.5, 0.6) is 0 Å². The first kappa shape index (κ1) is 16.2. The van der Waals surface area contributed by atoms with Crippen LogP contribution in [-0.2, 0) is 4.79 Å². The molecule has 7 heteroatoms. The second-order valence-electron chi connectivity index (χ2n) is 6.99. The van der Waals surface area contributed by atoms with Crippen LogP contribution in [0, 0.1) is 5.82 Å². The molecule has 3 heterocycles. The summed E-state index contributed by atoms with van der Waals surface area (Å²) in [5, 5.41) is 3.80. The van der Waals surface area contributed by atoms with Gasteiger partial charge in [-0.25, -0.2) is 14.4 Å². The van der Waals surface area contributed by atoms with E-state index in [-0.39, 0.29) is 17.8 Å². The highest BCUT2D eigenvalue weighted by atomic mass is 19.1. The quantitative estimate of drug-likeness (QED) is 0.897. The van der Waals surface area contributed by atoms with Crippen LogP contribution in [0.15, 0.2) is 24.4 Å². The maximum Gasteiger partial charge on any atom is 0.234 e. The van der Waals surface area contributed by atoms with E-state index in [4.69, 9.17) is 0 Å². The Balaban J connectivity index is 1.44. The number of hydrogen-bond acceptors (Lipinski definition) is 5. The highest BCUT2D eigenvalue weighted by Gasteiger charge is 2.30. The van der Waals surface area contributed by atoms with Gasteiger partial charge in [-0.15, -0.1) is 0 Å². The Morgan fingerprint density at radius 2 is 2.08 bits per heavy atom. The lowest BCUT2D eigenvalue weighted by Gasteiger charge is -2.41. The molecule has 0 aliphatic carbocycles. The van der Waals surface area contributed by atoms with Gasteiger partial charge in [0.25, 0.3) is 0 Å². The van der Waals surface area contributed by atoms with Gasteiger partial charge in [-0.05, 0) is 31.9 Å². The van der Waals surface area contributed by atoms with E-state index >= 15 is 0 Å². The number of rotatable bonds is 2. The van der Waals surface area contributed by atoms with E-state index < -0.39 is 0 Å². The molecule has 0 bridgehead atoms. The number of aromatic nitrogens is 2. The molecule has 1 atom stereocenters. The number of carbonyl (C=O) groups is 1. The standard InChI is InChI=1S/C18H22FN5O/c1-12-10-24(11-17(25)21-12)15-4-6-23(7-5-15)18-20-9-13-2-3-14(19)8-16(13)22-18/h2-3,8-9,12,15H,4-7,10-11H2,1H3,(H,21,25)/t12-/m0/s1. The van der Waals surface area contributed by atoms with Crippen LogP contribution >= 0.6 is 0 Å². The fraction of sp³-hybridized carbons (Fsp3) is 0.500. The van der Waals surface area contributed by atoms with Crippen molar-refractivity contribution in [1.29, 1.82) is 0 Å². The summed E-state index contributed by atoms with van der Waals surface area (Å²) in [7, 11) is 0. The minimum absolute atomic E-state index is 0.112. The maximum absolute atomic E-state index is 13.4. The molecule has 2 aliphatic rings. The molecule has 132 valence electrons. The van der Waals surface area contributed by atoms with Crippen molar-refractivity contribution in [2.24, 2.45) is 0 Å². The second kappa shape index (κ2) is 6.55. The van der Waals surface area contributed by atoms with Gasteiger partial charge in [0.1, 0.15) is 5.82 Å². The molecule has 1 N–H and O–H groups in total. The monoisotopic (exact) mass is 343 g/mol. The van der Waals surface area contributed by atoms with Crippen LogP contribution in [0.4, 0.5) is 10.3 Å². The average molecular weight is 343 g/mol. The molecule has 6 nitrogen and oxygen atoms in total. The Morgan fingerprint density at radius 1 is 1.28 bits per heavy atom. The zero-order valence-electron chi connectivity index (χ0n) is 14.3. The van der Waals surface area contributed by atoms with Crippen molar-refractivity contribution in [2.75, 3.05) is 31.1 Å². The molecule has 2 aliphatic heterocycles. The molecule has 2 saturated heterocycles. The van der Waals surface area contributed by atoms with Crippen molar-refractivity contribution >= 4 is 22.8 Å². The van der Waals surface area contributed by atoms with Gasteiger partial charge in [0, 0.05) is 49.4 Å². The molecule has 1 amide bonds. The van der Waals surface area contributed by atoms with E-state index in [1.165, 1.54) is 12.1 Å². The Kier molecular flexibility index (Phi) is 4.25. The van der Waals surface area contributed by atoms with E-state index in [2.05, 4.69) is 25.1 Å². The third-order valence-corrected chi connectivity index (χ3v) is 5.06. The molecular weight excluding hydrogens is 321 g/mol. The highest BCUT2D eigenvalue weighted by Crippen LogP contribution is 2.23. The first-order valence-electron chi connectivity index (χ1n) is 8.79. The van der Waals surface area contributed by atoms with Crippen molar-refractivity contribution in [3.63, 3.8) is 0 Å². The van der Waals surface area contributed by atoms with Gasteiger partial charge < -0.3 is 10.2 Å². The SMILES string of the molecule is C[C@H]1CN(C2CCN(c3ncc4ccc(F)cc4n3)CC2)CC(=O)N1. The summed E-state index contributed by atoms with van der Waals surface area (Å²) in [6.45, 7) is 5.13. The summed E-state index contributed by atoms with van der Waals surface area (Å²) < 4.78 is 13.4. The summed E-state index contributed by atoms with van der Waals surface area (Å²) in [5.74, 6) is 0.482. The number of benzene rings is 1. The van der Waals surface area contributed by atoms with Crippen molar-refractivity contribution in [3.05, 3.63) is 30.2 Å². The molecule has 0 unspecified atom stereocenters. The number of fused-ring (bicyclic) bond motifs is 1. The third kappa shape index (κ3) is 3.42. The van der Waals surface area contributed by atoms with Gasteiger partial charge in [-0.1, -0.05) is 0 Å². The lowest BCUT2D eigenvalue weighted by atomic mass is 10.0.